The van der Waals surface area contributed by atoms with E-state index in [4.69, 9.17) is 9.47 Å². The molecule has 0 aliphatic rings. The van der Waals surface area contributed by atoms with E-state index < -0.39 is 23.4 Å². The molecule has 0 fully saturated rings. The zero-order chi connectivity index (χ0) is 26.4. The third-order valence-electron chi connectivity index (χ3n) is 6.15. The second-order valence-electron chi connectivity index (χ2n) is 9.18. The van der Waals surface area contributed by atoms with Crippen molar-refractivity contribution in [2.75, 3.05) is 13.2 Å². The Labute approximate surface area is 212 Å². The van der Waals surface area contributed by atoms with Gasteiger partial charge in [0.2, 0.25) is 5.82 Å². The van der Waals surface area contributed by atoms with Crippen LogP contribution in [0.4, 0.5) is 22.0 Å². The first-order chi connectivity index (χ1) is 17.3. The summed E-state index contributed by atoms with van der Waals surface area (Å²) in [7, 11) is 0. The minimum atomic E-state index is -4.69. The van der Waals surface area contributed by atoms with E-state index in [9.17, 15) is 22.0 Å². The number of halogens is 5. The minimum absolute atomic E-state index is 0.0758. The van der Waals surface area contributed by atoms with Crippen molar-refractivity contribution in [3.63, 3.8) is 0 Å². The van der Waals surface area contributed by atoms with Gasteiger partial charge in [-0.1, -0.05) is 84.1 Å². The molecule has 0 radical (unpaired) electrons. The van der Waals surface area contributed by atoms with Gasteiger partial charge in [-0.2, -0.15) is 17.6 Å². The molecule has 202 valence electrons. The summed E-state index contributed by atoms with van der Waals surface area (Å²) in [5.41, 5.74) is -1.34. The van der Waals surface area contributed by atoms with Crippen LogP contribution in [0.5, 0.6) is 11.5 Å². The molecule has 0 bridgehead atoms. The number of hydrogen-bond acceptors (Lipinski definition) is 2. The van der Waals surface area contributed by atoms with E-state index in [1.54, 1.807) is 0 Å². The summed E-state index contributed by atoms with van der Waals surface area (Å²) >= 11 is 0. The third-order valence-corrected chi connectivity index (χ3v) is 6.15. The fraction of sp³-hybridized carbons (Fsp3) is 0.586. The first-order valence-electron chi connectivity index (χ1n) is 13.2. The van der Waals surface area contributed by atoms with Crippen molar-refractivity contribution in [3.05, 3.63) is 47.5 Å². The van der Waals surface area contributed by atoms with Crippen LogP contribution in [0.2, 0.25) is 0 Å². The van der Waals surface area contributed by atoms with Crippen LogP contribution in [-0.4, -0.2) is 13.2 Å². The summed E-state index contributed by atoms with van der Waals surface area (Å²) in [5, 5.41) is 0. The molecule has 0 saturated heterocycles. The smallest absolute Gasteiger partial charge is 0.419 e. The Bertz CT molecular complexity index is 911. The lowest BCUT2D eigenvalue weighted by molar-refractivity contribution is -0.138. The number of alkyl halides is 3. The van der Waals surface area contributed by atoms with E-state index in [2.05, 4.69) is 13.8 Å². The van der Waals surface area contributed by atoms with Crippen molar-refractivity contribution in [1.82, 2.24) is 0 Å². The second-order valence-corrected chi connectivity index (χ2v) is 9.18. The second kappa shape index (κ2) is 15.7. The average molecular weight is 515 g/mol. The summed E-state index contributed by atoms with van der Waals surface area (Å²) in [6.45, 7) is 4.67. The van der Waals surface area contributed by atoms with Gasteiger partial charge in [0, 0.05) is 5.56 Å². The molecule has 0 spiro atoms. The predicted octanol–water partition coefficient (Wildman–Crippen LogP) is 10.1. The standard InChI is InChI=1S/C29H39F5O2/c1-3-5-7-9-11-13-19-35-25-17-15-22(21-24(25)29(32,33)34)23-16-18-26(28(31)27(23)30)36-20-14-12-10-8-6-4-2/h15-18,21H,3-14,19-20H2,1-2H3. The summed E-state index contributed by atoms with van der Waals surface area (Å²) < 4.78 is 81.3. The Balaban J connectivity index is 2.05. The van der Waals surface area contributed by atoms with Crippen LogP contribution in [0.25, 0.3) is 11.1 Å². The molecule has 0 amide bonds. The normalized spacial score (nSPS) is 11.6. The van der Waals surface area contributed by atoms with E-state index >= 15 is 0 Å². The molecule has 0 aromatic heterocycles. The molecule has 0 heterocycles. The van der Waals surface area contributed by atoms with Crippen molar-refractivity contribution in [1.29, 1.82) is 0 Å². The Morgan fingerprint density at radius 3 is 1.67 bits per heavy atom. The molecule has 0 unspecified atom stereocenters. The monoisotopic (exact) mass is 514 g/mol. The molecular weight excluding hydrogens is 475 g/mol. The number of benzene rings is 2. The van der Waals surface area contributed by atoms with Crippen LogP contribution < -0.4 is 9.47 Å². The van der Waals surface area contributed by atoms with Crippen molar-refractivity contribution < 1.29 is 31.4 Å². The quantitative estimate of drug-likeness (QED) is 0.154. The minimum Gasteiger partial charge on any atom is -0.493 e. The zero-order valence-corrected chi connectivity index (χ0v) is 21.5. The zero-order valence-electron chi connectivity index (χ0n) is 21.5. The Kier molecular flexibility index (Phi) is 13.1. The molecule has 2 rings (SSSR count). The lowest BCUT2D eigenvalue weighted by atomic mass is 10.0. The van der Waals surface area contributed by atoms with Gasteiger partial charge in [0.25, 0.3) is 0 Å². The Morgan fingerprint density at radius 1 is 0.611 bits per heavy atom. The summed E-state index contributed by atoms with van der Waals surface area (Å²) in [5.74, 6) is -2.97. The molecule has 2 aromatic carbocycles. The maximum atomic E-state index is 14.8. The fourth-order valence-corrected chi connectivity index (χ4v) is 4.04. The Hall–Kier alpha value is -2.31. The third kappa shape index (κ3) is 9.62. The molecule has 0 aliphatic carbocycles. The lowest BCUT2D eigenvalue weighted by Crippen LogP contribution is -2.10. The molecule has 7 heteroatoms. The van der Waals surface area contributed by atoms with Gasteiger partial charge in [-0.3, -0.25) is 0 Å². The van der Waals surface area contributed by atoms with E-state index in [1.165, 1.54) is 30.7 Å². The predicted molar refractivity (Wildman–Crippen MR) is 135 cm³/mol. The maximum absolute atomic E-state index is 14.8. The lowest BCUT2D eigenvalue weighted by Gasteiger charge is -2.16. The first kappa shape index (κ1) is 29.9. The van der Waals surface area contributed by atoms with Crippen LogP contribution >= 0.6 is 0 Å². The van der Waals surface area contributed by atoms with Gasteiger partial charge in [-0.15, -0.1) is 0 Å². The maximum Gasteiger partial charge on any atom is 0.419 e. The molecule has 2 aromatic rings. The number of ether oxygens (including phenoxy) is 2. The van der Waals surface area contributed by atoms with E-state index in [0.717, 1.165) is 70.3 Å². The number of unbranched alkanes of at least 4 members (excludes halogenated alkanes) is 10. The van der Waals surface area contributed by atoms with Crippen LogP contribution in [0.1, 0.15) is 96.5 Å². The summed E-state index contributed by atoms with van der Waals surface area (Å²) in [6.07, 6.45) is 7.41. The van der Waals surface area contributed by atoms with Crippen LogP contribution in [-0.2, 0) is 6.18 Å². The highest BCUT2D eigenvalue weighted by Crippen LogP contribution is 2.40. The van der Waals surface area contributed by atoms with Crippen molar-refractivity contribution in [2.24, 2.45) is 0 Å². The van der Waals surface area contributed by atoms with E-state index in [0.29, 0.717) is 6.42 Å². The summed E-state index contributed by atoms with van der Waals surface area (Å²) in [4.78, 5) is 0. The van der Waals surface area contributed by atoms with Gasteiger partial charge in [0.05, 0.1) is 18.8 Å². The topological polar surface area (TPSA) is 18.5 Å². The van der Waals surface area contributed by atoms with Crippen LogP contribution in [0, 0.1) is 11.6 Å². The van der Waals surface area contributed by atoms with Gasteiger partial charge in [0.15, 0.2) is 11.6 Å². The highest BCUT2D eigenvalue weighted by Gasteiger charge is 2.35. The first-order valence-corrected chi connectivity index (χ1v) is 13.2. The number of hydrogen-bond donors (Lipinski definition) is 0. The van der Waals surface area contributed by atoms with Crippen LogP contribution in [0.3, 0.4) is 0 Å². The molecule has 2 nitrogen and oxygen atoms in total. The number of rotatable bonds is 17. The van der Waals surface area contributed by atoms with E-state index in [-0.39, 0.29) is 35.8 Å². The highest BCUT2D eigenvalue weighted by atomic mass is 19.4. The molecular formula is C29H39F5O2. The van der Waals surface area contributed by atoms with Gasteiger partial charge in [0.1, 0.15) is 5.75 Å². The largest absolute Gasteiger partial charge is 0.493 e. The van der Waals surface area contributed by atoms with Gasteiger partial charge >= 0.3 is 6.18 Å². The van der Waals surface area contributed by atoms with Crippen molar-refractivity contribution >= 4 is 0 Å². The molecule has 0 saturated carbocycles. The van der Waals surface area contributed by atoms with Crippen molar-refractivity contribution in [2.45, 2.75) is 97.1 Å². The van der Waals surface area contributed by atoms with E-state index in [1.807, 2.05) is 0 Å². The van der Waals surface area contributed by atoms with Gasteiger partial charge < -0.3 is 9.47 Å². The molecule has 0 atom stereocenters. The molecule has 36 heavy (non-hydrogen) atoms. The SMILES string of the molecule is CCCCCCCCOc1ccc(-c2ccc(OCCCCCCCC)c(F)c2F)cc1C(F)(F)F. The fourth-order valence-electron chi connectivity index (χ4n) is 4.04. The van der Waals surface area contributed by atoms with Crippen molar-refractivity contribution in [3.8, 4) is 22.6 Å². The molecule has 0 N–H and O–H groups in total. The highest BCUT2D eigenvalue weighted by molar-refractivity contribution is 5.67. The van der Waals surface area contributed by atoms with Crippen LogP contribution in [0.15, 0.2) is 30.3 Å². The average Bonchev–Trinajstić information content (AvgIpc) is 2.85. The van der Waals surface area contributed by atoms with Gasteiger partial charge in [-0.25, -0.2) is 4.39 Å². The summed E-state index contributed by atoms with van der Waals surface area (Å²) in [6, 6.07) is 5.82. The molecule has 0 aliphatic heterocycles. The Morgan fingerprint density at radius 2 is 1.11 bits per heavy atom. The van der Waals surface area contributed by atoms with Gasteiger partial charge in [-0.05, 0) is 42.7 Å².